The first-order chi connectivity index (χ1) is 25.4. The molecule has 276 valence electrons. The Morgan fingerprint density at radius 2 is 1.63 bits per heavy atom. The molecule has 0 radical (unpaired) electrons. The molecule has 0 unspecified atom stereocenters. The summed E-state index contributed by atoms with van der Waals surface area (Å²) < 4.78 is 18.9. The molecule has 4 aromatic rings. The van der Waals surface area contributed by atoms with Crippen molar-refractivity contribution < 1.29 is 24.1 Å². The fourth-order valence-corrected chi connectivity index (χ4v) is 6.54. The van der Waals surface area contributed by atoms with Crippen molar-refractivity contribution in [2.45, 2.75) is 79.1 Å². The third-order valence-electron chi connectivity index (χ3n) is 9.18. The van der Waals surface area contributed by atoms with Crippen LogP contribution in [-0.2, 0) is 24.6 Å². The third kappa shape index (κ3) is 12.0. The Morgan fingerprint density at radius 1 is 0.904 bits per heavy atom. The molecule has 1 saturated heterocycles. The van der Waals surface area contributed by atoms with Gasteiger partial charge in [-0.3, -0.25) is 9.78 Å². The minimum Gasteiger partial charge on any atom is -0.493 e. The molecule has 0 aliphatic carbocycles. The van der Waals surface area contributed by atoms with Crippen LogP contribution in [0.25, 0.3) is 11.1 Å². The topological polar surface area (TPSA) is 117 Å². The van der Waals surface area contributed by atoms with Gasteiger partial charge in [-0.1, -0.05) is 61.7 Å². The van der Waals surface area contributed by atoms with Gasteiger partial charge < -0.3 is 29.5 Å². The van der Waals surface area contributed by atoms with Crippen LogP contribution in [0.1, 0.15) is 78.8 Å². The van der Waals surface area contributed by atoms with E-state index in [1.165, 1.54) is 38.8 Å². The SMILES string of the molecule is CCCCCNCc1cc(Cl)c(OCc2cccc(-c3cccc(OCCCN4CCCC4)c3C)c2C)cc1OCc1cncc(C#N)c1.O=CO. The summed E-state index contributed by atoms with van der Waals surface area (Å²) in [5.74, 6) is 2.18. The molecule has 52 heavy (non-hydrogen) atoms. The highest BCUT2D eigenvalue weighted by Crippen LogP contribution is 2.36. The molecule has 0 saturated carbocycles. The summed E-state index contributed by atoms with van der Waals surface area (Å²) in [4.78, 5) is 15.1. The van der Waals surface area contributed by atoms with Gasteiger partial charge in [0.2, 0.25) is 0 Å². The van der Waals surface area contributed by atoms with Gasteiger partial charge in [0, 0.05) is 42.7 Å². The van der Waals surface area contributed by atoms with Gasteiger partial charge in [-0.25, -0.2) is 0 Å². The van der Waals surface area contributed by atoms with Crippen molar-refractivity contribution in [3.8, 4) is 34.4 Å². The maximum Gasteiger partial charge on any atom is 0.290 e. The van der Waals surface area contributed by atoms with Crippen LogP contribution in [0.15, 0.2) is 67.0 Å². The predicted octanol–water partition coefficient (Wildman–Crippen LogP) is 8.89. The first-order valence-electron chi connectivity index (χ1n) is 18.1. The molecule has 5 rings (SSSR count). The number of hydrogen-bond donors (Lipinski definition) is 2. The average Bonchev–Trinajstić information content (AvgIpc) is 3.68. The molecule has 0 amide bonds. The lowest BCUT2D eigenvalue weighted by Crippen LogP contribution is -2.22. The van der Waals surface area contributed by atoms with E-state index < -0.39 is 0 Å². The van der Waals surface area contributed by atoms with Crippen LogP contribution in [0.5, 0.6) is 17.2 Å². The monoisotopic (exact) mass is 726 g/mol. The molecule has 1 aromatic heterocycles. The van der Waals surface area contributed by atoms with Crippen molar-refractivity contribution in [3.05, 3.63) is 105 Å². The molecule has 0 spiro atoms. The quantitative estimate of drug-likeness (QED) is 0.0766. The molecule has 1 aliphatic heterocycles. The maximum atomic E-state index is 9.29. The minimum absolute atomic E-state index is 0.250. The van der Waals surface area contributed by atoms with Gasteiger partial charge in [-0.15, -0.1) is 0 Å². The number of rotatable bonds is 18. The summed E-state index contributed by atoms with van der Waals surface area (Å²) in [7, 11) is 0. The van der Waals surface area contributed by atoms with Gasteiger partial charge in [0.05, 0.1) is 17.2 Å². The van der Waals surface area contributed by atoms with E-state index in [9.17, 15) is 5.26 Å². The average molecular weight is 727 g/mol. The first kappa shape index (κ1) is 40.2. The second-order valence-corrected chi connectivity index (χ2v) is 13.3. The summed E-state index contributed by atoms with van der Waals surface area (Å²) in [6, 6.07) is 20.4. The normalized spacial score (nSPS) is 12.4. The molecule has 2 N–H and O–H groups in total. The number of aromatic nitrogens is 1. The van der Waals surface area contributed by atoms with Crippen LogP contribution < -0.4 is 19.5 Å². The molecule has 1 fully saturated rings. The number of nitrogens with one attached hydrogen (secondary N) is 1. The summed E-state index contributed by atoms with van der Waals surface area (Å²) in [6.45, 7) is 12.7. The number of nitriles is 1. The summed E-state index contributed by atoms with van der Waals surface area (Å²) in [5.41, 5.74) is 7.96. The number of nitrogens with zero attached hydrogens (tertiary/aromatic N) is 3. The Balaban J connectivity index is 0.00000195. The molecule has 10 heteroatoms. The van der Waals surface area contributed by atoms with Crippen LogP contribution in [0.2, 0.25) is 5.02 Å². The van der Waals surface area contributed by atoms with E-state index in [1.807, 2.05) is 12.1 Å². The smallest absolute Gasteiger partial charge is 0.290 e. The number of carbonyl (C=O) groups is 1. The van der Waals surface area contributed by atoms with Crippen molar-refractivity contribution in [1.82, 2.24) is 15.2 Å². The van der Waals surface area contributed by atoms with Crippen molar-refractivity contribution in [3.63, 3.8) is 0 Å². The molecule has 2 heterocycles. The zero-order valence-electron chi connectivity index (χ0n) is 30.6. The fourth-order valence-electron chi connectivity index (χ4n) is 6.30. The van der Waals surface area contributed by atoms with E-state index in [0.29, 0.717) is 35.2 Å². The Labute approximate surface area is 313 Å². The van der Waals surface area contributed by atoms with Gasteiger partial charge in [0.25, 0.3) is 6.47 Å². The lowest BCUT2D eigenvalue weighted by molar-refractivity contribution is -0.122. The van der Waals surface area contributed by atoms with Crippen molar-refractivity contribution in [2.24, 2.45) is 0 Å². The van der Waals surface area contributed by atoms with Crippen molar-refractivity contribution in [1.29, 1.82) is 5.26 Å². The van der Waals surface area contributed by atoms with Crippen LogP contribution in [-0.4, -0.2) is 54.2 Å². The van der Waals surface area contributed by atoms with Crippen LogP contribution in [0.3, 0.4) is 0 Å². The predicted molar refractivity (Wildman–Crippen MR) is 206 cm³/mol. The number of pyridine rings is 1. The lowest BCUT2D eigenvalue weighted by atomic mass is 9.93. The highest BCUT2D eigenvalue weighted by Gasteiger charge is 2.16. The van der Waals surface area contributed by atoms with Gasteiger partial charge in [0.15, 0.2) is 0 Å². The molecular formula is C42H51ClN4O5. The number of ether oxygens (including phenoxy) is 3. The Bertz CT molecular complexity index is 1770. The number of likely N-dealkylation sites (tertiary alicyclic amines) is 1. The van der Waals surface area contributed by atoms with E-state index in [0.717, 1.165) is 77.2 Å². The van der Waals surface area contributed by atoms with Crippen LogP contribution >= 0.6 is 11.6 Å². The number of carboxylic acid groups (broad SMARTS) is 1. The van der Waals surface area contributed by atoms with Gasteiger partial charge >= 0.3 is 0 Å². The van der Waals surface area contributed by atoms with E-state index >= 15 is 0 Å². The van der Waals surface area contributed by atoms with E-state index in [4.69, 9.17) is 35.7 Å². The molecule has 0 bridgehead atoms. The van der Waals surface area contributed by atoms with Gasteiger partial charge in [-0.2, -0.15) is 5.26 Å². The number of unbranched alkanes of at least 4 members (excludes halogenated alkanes) is 2. The molecular weight excluding hydrogens is 676 g/mol. The zero-order chi connectivity index (χ0) is 37.1. The number of benzene rings is 3. The van der Waals surface area contributed by atoms with Crippen molar-refractivity contribution in [2.75, 3.05) is 32.8 Å². The highest BCUT2D eigenvalue weighted by molar-refractivity contribution is 6.32. The van der Waals surface area contributed by atoms with Crippen LogP contribution in [0.4, 0.5) is 0 Å². The zero-order valence-corrected chi connectivity index (χ0v) is 31.4. The van der Waals surface area contributed by atoms with E-state index in [2.05, 4.69) is 78.4 Å². The lowest BCUT2D eigenvalue weighted by Gasteiger charge is -2.19. The second-order valence-electron chi connectivity index (χ2n) is 12.9. The summed E-state index contributed by atoms with van der Waals surface area (Å²) in [6.07, 6.45) is 10.4. The Kier molecular flexibility index (Phi) is 16.7. The number of hydrogen-bond acceptors (Lipinski definition) is 8. The standard InChI is InChI=1S/C41H49ClN4O3.CH2O2/c1-4-5-6-16-44-27-35-22-38(42)41(23-40(35)48-28-33-21-32(24-43)25-45-26-33)49-29-34-12-9-13-36(30(34)2)37-14-10-15-39(31(37)3)47-20-11-19-46-17-7-8-18-46;2-1-3/h9-10,12-15,21-23,25-26,44H,4-8,11,16-20,27-29H2,1-3H3;1H,(H,2,3). The summed E-state index contributed by atoms with van der Waals surface area (Å²) >= 11 is 6.81. The summed E-state index contributed by atoms with van der Waals surface area (Å²) in [5, 5.41) is 20.2. The fraction of sp³-hybridized carbons (Fsp3) is 0.405. The van der Waals surface area contributed by atoms with E-state index in [-0.39, 0.29) is 13.1 Å². The van der Waals surface area contributed by atoms with Crippen molar-refractivity contribution >= 4 is 18.1 Å². The molecule has 3 aromatic carbocycles. The minimum atomic E-state index is -0.250. The highest BCUT2D eigenvalue weighted by atomic mass is 35.5. The largest absolute Gasteiger partial charge is 0.493 e. The van der Waals surface area contributed by atoms with E-state index in [1.54, 1.807) is 18.5 Å². The Hall–Kier alpha value is -4.62. The second kappa shape index (κ2) is 21.7. The van der Waals surface area contributed by atoms with Crippen LogP contribution in [0, 0.1) is 25.2 Å². The maximum absolute atomic E-state index is 9.29. The Morgan fingerprint density at radius 3 is 2.38 bits per heavy atom. The van der Waals surface area contributed by atoms with Gasteiger partial charge in [-0.05, 0) is 105 Å². The van der Waals surface area contributed by atoms with Gasteiger partial charge in [0.1, 0.15) is 36.5 Å². The molecule has 0 atom stereocenters. The molecule has 1 aliphatic rings. The third-order valence-corrected chi connectivity index (χ3v) is 9.48. The first-order valence-corrected chi connectivity index (χ1v) is 18.5. The number of halogens is 1. The molecule has 9 nitrogen and oxygen atoms in total.